The van der Waals surface area contributed by atoms with Gasteiger partial charge in [0.2, 0.25) is 5.91 Å². The molecule has 0 unspecified atom stereocenters. The number of anilines is 1. The molecule has 134 valence electrons. The molecule has 0 bridgehead atoms. The zero-order chi connectivity index (χ0) is 19.1. The van der Waals surface area contributed by atoms with Crippen molar-refractivity contribution in [3.8, 4) is 11.1 Å². The first kappa shape index (κ1) is 17.9. The molecule has 0 saturated carbocycles. The summed E-state index contributed by atoms with van der Waals surface area (Å²) in [5.41, 5.74) is 12.2. The van der Waals surface area contributed by atoms with Gasteiger partial charge in [0.1, 0.15) is 0 Å². The molecule has 6 heteroatoms. The first-order valence-corrected chi connectivity index (χ1v) is 9.68. The summed E-state index contributed by atoms with van der Waals surface area (Å²) in [7, 11) is -3.59. The number of rotatable bonds is 5. The van der Waals surface area contributed by atoms with E-state index in [1.54, 1.807) is 18.2 Å². The summed E-state index contributed by atoms with van der Waals surface area (Å²) >= 11 is 0. The molecular weight excluding hydrogens is 348 g/mol. The number of allylic oxidation sites excluding steroid dienone is 2. The van der Waals surface area contributed by atoms with Crippen molar-refractivity contribution in [1.29, 1.82) is 0 Å². The topological polar surface area (TPSA) is 89.3 Å². The fraction of sp³-hybridized carbons (Fsp3) is 0.150. The first-order valence-electron chi connectivity index (χ1n) is 8.13. The number of primary amides is 1. The lowest BCUT2D eigenvalue weighted by Gasteiger charge is -2.17. The molecule has 3 rings (SSSR count). The van der Waals surface area contributed by atoms with Crippen molar-refractivity contribution >= 4 is 27.2 Å². The number of hydrogen-bond donors (Lipinski definition) is 2. The van der Waals surface area contributed by atoms with E-state index in [-0.39, 0.29) is 0 Å². The van der Waals surface area contributed by atoms with E-state index in [4.69, 9.17) is 5.73 Å². The summed E-state index contributed by atoms with van der Waals surface area (Å²) in [6.45, 7) is 7.18. The maximum atomic E-state index is 11.8. The minimum absolute atomic E-state index is 0.444. The zero-order valence-electron chi connectivity index (χ0n) is 14.7. The molecule has 0 radical (unpaired) electrons. The molecule has 5 nitrogen and oxygen atoms in total. The van der Waals surface area contributed by atoms with Crippen molar-refractivity contribution in [2.45, 2.75) is 20.3 Å². The van der Waals surface area contributed by atoms with Crippen LogP contribution in [0.25, 0.3) is 16.7 Å². The van der Waals surface area contributed by atoms with Crippen LogP contribution in [0.5, 0.6) is 0 Å². The van der Waals surface area contributed by atoms with Crippen molar-refractivity contribution in [2.75, 3.05) is 4.72 Å². The van der Waals surface area contributed by atoms with Gasteiger partial charge in [-0.05, 0) is 65.8 Å². The van der Waals surface area contributed by atoms with E-state index < -0.39 is 15.9 Å². The Labute approximate surface area is 153 Å². The van der Waals surface area contributed by atoms with E-state index in [1.165, 1.54) is 0 Å². The third-order valence-corrected chi connectivity index (χ3v) is 5.62. The van der Waals surface area contributed by atoms with Crippen LogP contribution in [-0.4, -0.2) is 14.3 Å². The predicted molar refractivity (Wildman–Crippen MR) is 105 cm³/mol. The number of fused-ring (bicyclic) bond motifs is 1. The molecule has 1 aliphatic carbocycles. The monoisotopic (exact) mass is 368 g/mol. The van der Waals surface area contributed by atoms with Crippen LogP contribution in [-0.2, 0) is 16.4 Å². The van der Waals surface area contributed by atoms with Gasteiger partial charge >= 0.3 is 0 Å². The SMILES string of the molecule is C=CS(=O)(=O)Nc1cccc(-c2ccc(C(N)=O)c3c2C(C)=CC3)c1C. The first-order chi connectivity index (χ1) is 12.2. The van der Waals surface area contributed by atoms with E-state index >= 15 is 0 Å². The van der Waals surface area contributed by atoms with Gasteiger partial charge in [0.05, 0.1) is 5.69 Å². The Kier molecular flexibility index (Phi) is 4.46. The zero-order valence-corrected chi connectivity index (χ0v) is 15.5. The molecule has 0 fully saturated rings. The molecule has 0 atom stereocenters. The fourth-order valence-corrected chi connectivity index (χ4v) is 3.97. The lowest BCUT2D eigenvalue weighted by atomic mass is 9.89. The lowest BCUT2D eigenvalue weighted by Crippen LogP contribution is -2.14. The predicted octanol–water partition coefficient (Wildman–Crippen LogP) is 3.61. The number of nitrogens with one attached hydrogen (secondary N) is 1. The van der Waals surface area contributed by atoms with Gasteiger partial charge in [-0.2, -0.15) is 0 Å². The largest absolute Gasteiger partial charge is 0.366 e. The van der Waals surface area contributed by atoms with Crippen LogP contribution in [0.2, 0.25) is 0 Å². The quantitative estimate of drug-likeness (QED) is 0.845. The number of sulfonamides is 1. The molecule has 26 heavy (non-hydrogen) atoms. The van der Waals surface area contributed by atoms with Crippen LogP contribution in [0.1, 0.15) is 34.0 Å². The van der Waals surface area contributed by atoms with E-state index in [1.807, 2.05) is 26.0 Å². The smallest absolute Gasteiger partial charge is 0.254 e. The van der Waals surface area contributed by atoms with Gasteiger partial charge < -0.3 is 5.73 Å². The van der Waals surface area contributed by atoms with Crippen molar-refractivity contribution in [1.82, 2.24) is 0 Å². The summed E-state index contributed by atoms with van der Waals surface area (Å²) in [5.74, 6) is -0.444. The number of nitrogens with two attached hydrogens (primary N) is 1. The molecule has 2 aromatic rings. The standard InChI is InChI=1S/C20H20N2O3S/c1-4-26(24,25)22-18-7-5-6-14(13(18)3)15-10-11-17(20(21)23)16-9-8-12(2)19(15)16/h4-8,10-11,22H,1,9H2,2-3H3,(H2,21,23). The molecule has 1 aliphatic rings. The Morgan fingerprint density at radius 2 is 1.92 bits per heavy atom. The fourth-order valence-electron chi connectivity index (χ4n) is 3.36. The normalized spacial score (nSPS) is 13.1. The van der Waals surface area contributed by atoms with Gasteiger partial charge in [-0.15, -0.1) is 0 Å². The summed E-state index contributed by atoms with van der Waals surface area (Å²) < 4.78 is 26.2. The average Bonchev–Trinajstić information content (AvgIpc) is 2.98. The highest BCUT2D eigenvalue weighted by Gasteiger charge is 2.23. The molecule has 0 saturated heterocycles. The van der Waals surface area contributed by atoms with E-state index in [2.05, 4.69) is 17.4 Å². The third kappa shape index (κ3) is 3.04. The Morgan fingerprint density at radius 1 is 1.19 bits per heavy atom. The molecule has 0 aromatic heterocycles. The molecular formula is C20H20N2O3S. The highest BCUT2D eigenvalue weighted by atomic mass is 32.2. The summed E-state index contributed by atoms with van der Waals surface area (Å²) in [4.78, 5) is 11.7. The highest BCUT2D eigenvalue weighted by Crippen LogP contribution is 2.40. The average molecular weight is 368 g/mol. The maximum absolute atomic E-state index is 11.8. The Morgan fingerprint density at radius 3 is 2.58 bits per heavy atom. The van der Waals surface area contributed by atoms with Gasteiger partial charge in [0, 0.05) is 11.0 Å². The second-order valence-corrected chi connectivity index (χ2v) is 7.89. The summed E-state index contributed by atoms with van der Waals surface area (Å²) in [6.07, 6.45) is 2.73. The van der Waals surface area contributed by atoms with Crippen LogP contribution >= 0.6 is 0 Å². The van der Waals surface area contributed by atoms with Crippen LogP contribution in [0.4, 0.5) is 5.69 Å². The maximum Gasteiger partial charge on any atom is 0.254 e. The third-order valence-electron chi connectivity index (χ3n) is 4.68. The number of carbonyl (C=O) groups excluding carboxylic acids is 1. The second-order valence-electron chi connectivity index (χ2n) is 6.26. The minimum Gasteiger partial charge on any atom is -0.366 e. The van der Waals surface area contributed by atoms with Gasteiger partial charge in [-0.3, -0.25) is 9.52 Å². The van der Waals surface area contributed by atoms with Crippen molar-refractivity contribution in [2.24, 2.45) is 5.73 Å². The van der Waals surface area contributed by atoms with Crippen molar-refractivity contribution in [3.05, 3.63) is 70.6 Å². The minimum atomic E-state index is -3.59. The van der Waals surface area contributed by atoms with E-state index in [0.29, 0.717) is 17.7 Å². The van der Waals surface area contributed by atoms with Crippen LogP contribution in [0.15, 0.2) is 48.4 Å². The summed E-state index contributed by atoms with van der Waals surface area (Å²) in [6, 6.07) is 9.05. The second kappa shape index (κ2) is 6.46. The van der Waals surface area contributed by atoms with Crippen LogP contribution in [0.3, 0.4) is 0 Å². The van der Waals surface area contributed by atoms with Crippen LogP contribution < -0.4 is 10.5 Å². The highest BCUT2D eigenvalue weighted by molar-refractivity contribution is 7.95. The van der Waals surface area contributed by atoms with Gasteiger partial charge in [-0.1, -0.05) is 30.9 Å². The number of hydrogen-bond acceptors (Lipinski definition) is 3. The lowest BCUT2D eigenvalue weighted by molar-refractivity contribution is 0.0999. The molecule has 0 aliphatic heterocycles. The number of carbonyl (C=O) groups is 1. The molecule has 2 aromatic carbocycles. The van der Waals surface area contributed by atoms with Gasteiger partial charge in [-0.25, -0.2) is 8.42 Å². The van der Waals surface area contributed by atoms with Crippen molar-refractivity contribution < 1.29 is 13.2 Å². The summed E-state index contributed by atoms with van der Waals surface area (Å²) in [5, 5.41) is 0.880. The van der Waals surface area contributed by atoms with Crippen LogP contribution in [0, 0.1) is 6.92 Å². The number of amides is 1. The Hall–Kier alpha value is -2.86. The van der Waals surface area contributed by atoms with E-state index in [0.717, 1.165) is 38.8 Å². The Bertz CT molecular complexity index is 1070. The Balaban J connectivity index is 2.20. The van der Waals surface area contributed by atoms with Crippen molar-refractivity contribution in [3.63, 3.8) is 0 Å². The molecule has 0 spiro atoms. The van der Waals surface area contributed by atoms with E-state index in [9.17, 15) is 13.2 Å². The number of benzene rings is 2. The van der Waals surface area contributed by atoms with Gasteiger partial charge in [0.25, 0.3) is 10.0 Å². The molecule has 0 heterocycles. The molecule has 1 amide bonds. The van der Waals surface area contributed by atoms with Gasteiger partial charge in [0.15, 0.2) is 0 Å². The molecule has 3 N–H and O–H groups in total.